The Labute approximate surface area is 156 Å². The molecular weight excluding hydrogens is 338 g/mol. The lowest BCUT2D eigenvalue weighted by Crippen LogP contribution is -1.92. The Kier molecular flexibility index (Phi) is 4.44. The number of nitrogens with zero attached hydrogens (tertiary/aromatic N) is 2. The van der Waals surface area contributed by atoms with Crippen molar-refractivity contribution in [2.75, 3.05) is 0 Å². The number of aromatic hydroxyl groups is 1. The number of hydrogen-bond acceptors (Lipinski definition) is 4. The second-order valence-corrected chi connectivity index (χ2v) is 6.40. The molecule has 0 spiro atoms. The van der Waals surface area contributed by atoms with Gasteiger partial charge in [0.1, 0.15) is 11.6 Å². The van der Waals surface area contributed by atoms with Crippen LogP contribution >= 0.6 is 0 Å². The van der Waals surface area contributed by atoms with Crippen LogP contribution in [0.3, 0.4) is 0 Å². The number of nitrogens with one attached hydrogen (secondary N) is 1. The molecule has 4 aromatic rings. The van der Waals surface area contributed by atoms with Crippen molar-refractivity contribution in [1.29, 1.82) is 0 Å². The fourth-order valence-electron chi connectivity index (χ4n) is 3.11. The van der Waals surface area contributed by atoms with E-state index in [0.717, 1.165) is 33.7 Å². The van der Waals surface area contributed by atoms with E-state index in [1.807, 2.05) is 61.5 Å². The van der Waals surface area contributed by atoms with Crippen molar-refractivity contribution in [3.05, 3.63) is 77.4 Å². The first kappa shape index (κ1) is 17.0. The highest BCUT2D eigenvalue weighted by molar-refractivity contribution is 5.89. The number of aromatic nitrogens is 2. The Morgan fingerprint density at radius 1 is 1.07 bits per heavy atom. The largest absolute Gasteiger partial charge is 0.507 e. The van der Waals surface area contributed by atoms with Crippen LogP contribution < -0.4 is 0 Å². The Morgan fingerprint density at radius 3 is 2.67 bits per heavy atom. The zero-order valence-corrected chi connectivity index (χ0v) is 14.8. The van der Waals surface area contributed by atoms with Gasteiger partial charge in [0.15, 0.2) is 0 Å². The molecule has 4 rings (SSSR count). The molecule has 1 heterocycles. The van der Waals surface area contributed by atoms with Crippen molar-refractivity contribution in [3.63, 3.8) is 0 Å². The Morgan fingerprint density at radius 2 is 1.85 bits per heavy atom. The number of aliphatic imine (C=N–C) groups is 1. The SMILES string of the molecule is Cc1cc(C=Nc2ccccc2-c2nc3ccccc3[nH]2)c(O)c(CO)c1. The van der Waals surface area contributed by atoms with Crippen LogP contribution in [0.15, 0.2) is 65.7 Å². The number of rotatable bonds is 4. The third-order valence-electron chi connectivity index (χ3n) is 4.42. The molecule has 134 valence electrons. The highest BCUT2D eigenvalue weighted by Gasteiger charge is 2.10. The van der Waals surface area contributed by atoms with Crippen LogP contribution in [0.1, 0.15) is 16.7 Å². The minimum absolute atomic E-state index is 0.0491. The molecular formula is C22H19N3O2. The second kappa shape index (κ2) is 7.05. The summed E-state index contributed by atoms with van der Waals surface area (Å²) in [5, 5.41) is 19.7. The zero-order chi connectivity index (χ0) is 18.8. The summed E-state index contributed by atoms with van der Waals surface area (Å²) in [7, 11) is 0. The number of H-pyrrole nitrogens is 1. The van der Waals surface area contributed by atoms with Crippen molar-refractivity contribution in [3.8, 4) is 17.1 Å². The monoisotopic (exact) mass is 357 g/mol. The molecule has 0 amide bonds. The summed E-state index contributed by atoms with van der Waals surface area (Å²) >= 11 is 0. The summed E-state index contributed by atoms with van der Waals surface area (Å²) in [5.41, 5.74) is 5.48. The van der Waals surface area contributed by atoms with Gasteiger partial charge in [0, 0.05) is 22.9 Å². The van der Waals surface area contributed by atoms with Crippen LogP contribution in [-0.4, -0.2) is 26.4 Å². The molecule has 0 aliphatic heterocycles. The number of hydrogen-bond donors (Lipinski definition) is 3. The van der Waals surface area contributed by atoms with Gasteiger partial charge in [-0.3, -0.25) is 4.99 Å². The van der Waals surface area contributed by atoms with Crippen molar-refractivity contribution in [1.82, 2.24) is 9.97 Å². The molecule has 0 atom stereocenters. The molecule has 0 saturated heterocycles. The lowest BCUT2D eigenvalue weighted by atomic mass is 10.1. The lowest BCUT2D eigenvalue weighted by Gasteiger charge is -2.07. The van der Waals surface area contributed by atoms with E-state index in [0.29, 0.717) is 11.1 Å². The number of fused-ring (bicyclic) bond motifs is 1. The molecule has 27 heavy (non-hydrogen) atoms. The minimum atomic E-state index is -0.218. The first-order valence-corrected chi connectivity index (χ1v) is 8.67. The Balaban J connectivity index is 1.76. The lowest BCUT2D eigenvalue weighted by molar-refractivity contribution is 0.275. The number of aromatic amines is 1. The number of imidazole rings is 1. The van der Waals surface area contributed by atoms with Gasteiger partial charge >= 0.3 is 0 Å². The number of phenols is 1. The topological polar surface area (TPSA) is 81.5 Å². The number of benzene rings is 3. The predicted molar refractivity (Wildman–Crippen MR) is 108 cm³/mol. The molecule has 0 bridgehead atoms. The van der Waals surface area contributed by atoms with E-state index in [9.17, 15) is 10.2 Å². The molecule has 3 N–H and O–H groups in total. The number of aryl methyl sites for hydroxylation is 1. The van der Waals surface area contributed by atoms with Gasteiger partial charge in [-0.2, -0.15) is 0 Å². The van der Waals surface area contributed by atoms with Gasteiger partial charge in [-0.05, 0) is 42.8 Å². The number of para-hydroxylation sites is 3. The van der Waals surface area contributed by atoms with Crippen molar-refractivity contribution >= 4 is 22.9 Å². The van der Waals surface area contributed by atoms with Crippen LogP contribution in [0.25, 0.3) is 22.4 Å². The van der Waals surface area contributed by atoms with E-state index in [1.54, 1.807) is 12.3 Å². The van der Waals surface area contributed by atoms with E-state index in [2.05, 4.69) is 15.0 Å². The average Bonchev–Trinajstić information content (AvgIpc) is 3.12. The van der Waals surface area contributed by atoms with E-state index >= 15 is 0 Å². The molecule has 0 saturated carbocycles. The molecule has 0 aliphatic carbocycles. The van der Waals surface area contributed by atoms with Gasteiger partial charge in [-0.15, -0.1) is 0 Å². The Hall–Kier alpha value is -3.44. The third kappa shape index (κ3) is 3.32. The molecule has 1 aromatic heterocycles. The summed E-state index contributed by atoms with van der Waals surface area (Å²) in [6, 6.07) is 19.2. The van der Waals surface area contributed by atoms with Crippen LogP contribution in [-0.2, 0) is 6.61 Å². The summed E-state index contributed by atoms with van der Waals surface area (Å²) in [6.07, 6.45) is 1.61. The smallest absolute Gasteiger partial charge is 0.140 e. The van der Waals surface area contributed by atoms with E-state index in [4.69, 9.17) is 0 Å². The highest BCUT2D eigenvalue weighted by Crippen LogP contribution is 2.30. The van der Waals surface area contributed by atoms with Gasteiger partial charge in [-0.25, -0.2) is 4.98 Å². The molecule has 0 radical (unpaired) electrons. The maximum Gasteiger partial charge on any atom is 0.140 e. The molecule has 0 aliphatic rings. The normalized spacial score (nSPS) is 11.5. The van der Waals surface area contributed by atoms with Crippen molar-refractivity contribution < 1.29 is 10.2 Å². The number of aliphatic hydroxyl groups is 1. The summed E-state index contributed by atoms with van der Waals surface area (Å²) < 4.78 is 0. The van der Waals surface area contributed by atoms with Crippen LogP contribution in [0, 0.1) is 6.92 Å². The fourth-order valence-corrected chi connectivity index (χ4v) is 3.11. The molecule has 3 aromatic carbocycles. The Bertz CT molecular complexity index is 1110. The second-order valence-electron chi connectivity index (χ2n) is 6.40. The number of aliphatic hydroxyl groups excluding tert-OH is 1. The highest BCUT2D eigenvalue weighted by atomic mass is 16.3. The van der Waals surface area contributed by atoms with Gasteiger partial charge in [-0.1, -0.05) is 30.3 Å². The molecule has 0 fully saturated rings. The standard InChI is InChI=1S/C22H19N3O2/c1-14-10-15(21(27)16(11-14)13-26)12-23-18-7-3-2-6-17(18)22-24-19-8-4-5-9-20(19)25-22/h2-12,26-27H,13H2,1H3,(H,24,25). The zero-order valence-electron chi connectivity index (χ0n) is 14.8. The third-order valence-corrected chi connectivity index (χ3v) is 4.42. The van der Waals surface area contributed by atoms with E-state index < -0.39 is 0 Å². The summed E-state index contributed by atoms with van der Waals surface area (Å²) in [4.78, 5) is 12.5. The first-order valence-electron chi connectivity index (χ1n) is 8.67. The van der Waals surface area contributed by atoms with Crippen molar-refractivity contribution in [2.24, 2.45) is 4.99 Å². The van der Waals surface area contributed by atoms with E-state index in [-0.39, 0.29) is 12.4 Å². The van der Waals surface area contributed by atoms with Gasteiger partial charge in [0.05, 0.1) is 23.3 Å². The van der Waals surface area contributed by atoms with Gasteiger partial charge < -0.3 is 15.2 Å². The first-order chi connectivity index (χ1) is 13.2. The van der Waals surface area contributed by atoms with Gasteiger partial charge in [0.25, 0.3) is 0 Å². The van der Waals surface area contributed by atoms with E-state index in [1.165, 1.54) is 0 Å². The van der Waals surface area contributed by atoms with Crippen LogP contribution in [0.5, 0.6) is 5.75 Å². The van der Waals surface area contributed by atoms with Crippen LogP contribution in [0.2, 0.25) is 0 Å². The fraction of sp³-hybridized carbons (Fsp3) is 0.0909. The van der Waals surface area contributed by atoms with Crippen molar-refractivity contribution in [2.45, 2.75) is 13.5 Å². The molecule has 5 heteroatoms. The minimum Gasteiger partial charge on any atom is -0.507 e. The maximum atomic E-state index is 10.3. The maximum absolute atomic E-state index is 10.3. The summed E-state index contributed by atoms with van der Waals surface area (Å²) in [6.45, 7) is 1.70. The van der Waals surface area contributed by atoms with Crippen LogP contribution in [0.4, 0.5) is 5.69 Å². The van der Waals surface area contributed by atoms with Gasteiger partial charge in [0.2, 0.25) is 0 Å². The quantitative estimate of drug-likeness (QED) is 0.471. The predicted octanol–water partition coefficient (Wildman–Crippen LogP) is 4.49. The summed E-state index contributed by atoms with van der Waals surface area (Å²) in [5.74, 6) is 0.793. The molecule has 0 unspecified atom stereocenters. The molecule has 5 nitrogen and oxygen atoms in total. The average molecular weight is 357 g/mol.